The maximum Gasteiger partial charge on any atom is 0.239 e. The fourth-order valence-electron chi connectivity index (χ4n) is 2.90. The minimum Gasteiger partial charge on any atom is -0.491 e. The number of hydrogen-bond acceptors (Lipinski definition) is 3. The van der Waals surface area contributed by atoms with Crippen LogP contribution in [0.5, 0.6) is 5.75 Å². The van der Waals surface area contributed by atoms with Gasteiger partial charge in [0, 0.05) is 18.3 Å². The van der Waals surface area contributed by atoms with E-state index in [4.69, 9.17) is 4.74 Å². The largest absolute Gasteiger partial charge is 0.491 e. The zero-order valence-corrected chi connectivity index (χ0v) is 18.2. The van der Waals surface area contributed by atoms with Gasteiger partial charge in [0.2, 0.25) is 11.8 Å². The predicted molar refractivity (Wildman–Crippen MR) is 117 cm³/mol. The van der Waals surface area contributed by atoms with Gasteiger partial charge >= 0.3 is 0 Å². The Kier molecular flexibility index (Phi) is 7.43. The molecule has 156 valence electrons. The van der Waals surface area contributed by atoms with Crippen LogP contribution in [0, 0.1) is 5.41 Å². The number of nitrogens with one attached hydrogen (secondary N) is 1. The maximum atomic E-state index is 13.3. The molecule has 0 fully saturated rings. The van der Waals surface area contributed by atoms with Crippen molar-refractivity contribution in [1.82, 2.24) is 4.90 Å². The van der Waals surface area contributed by atoms with E-state index in [2.05, 4.69) is 5.32 Å². The van der Waals surface area contributed by atoms with Gasteiger partial charge in [-0.3, -0.25) is 9.59 Å². The Labute approximate surface area is 174 Å². The van der Waals surface area contributed by atoms with Gasteiger partial charge in [0.05, 0.1) is 6.10 Å². The van der Waals surface area contributed by atoms with Crippen LogP contribution in [0.1, 0.15) is 47.1 Å². The van der Waals surface area contributed by atoms with Crippen molar-refractivity contribution < 1.29 is 14.3 Å². The first kappa shape index (κ1) is 22.5. The molecule has 0 unspecified atom stereocenters. The van der Waals surface area contributed by atoms with Gasteiger partial charge in [0.25, 0.3) is 0 Å². The Morgan fingerprint density at radius 1 is 0.966 bits per heavy atom. The molecule has 2 aromatic rings. The molecule has 0 saturated heterocycles. The summed E-state index contributed by atoms with van der Waals surface area (Å²) >= 11 is 0. The molecule has 0 atom stereocenters. The fourth-order valence-corrected chi connectivity index (χ4v) is 2.90. The van der Waals surface area contributed by atoms with Crippen LogP contribution in [0.3, 0.4) is 0 Å². The second-order valence-electron chi connectivity index (χ2n) is 8.28. The second kappa shape index (κ2) is 9.59. The van der Waals surface area contributed by atoms with Gasteiger partial charge in [0.15, 0.2) is 0 Å². The minimum atomic E-state index is -1.20. The zero-order chi connectivity index (χ0) is 21.6. The lowest BCUT2D eigenvalue weighted by Gasteiger charge is -2.34. The standard InChI is InChI=1S/C24H32N2O3/c1-17(2)26(16-19-10-8-7-9-11-19)23(28)24(5,6)22(27)25-20-12-14-21(15-13-20)29-18(3)4/h7-15,17-18H,16H2,1-6H3,(H,25,27). The molecule has 0 aliphatic carbocycles. The summed E-state index contributed by atoms with van der Waals surface area (Å²) in [6.45, 7) is 11.6. The number of hydrogen-bond donors (Lipinski definition) is 1. The van der Waals surface area contributed by atoms with Crippen molar-refractivity contribution in [3.05, 3.63) is 60.2 Å². The molecule has 0 radical (unpaired) electrons. The molecule has 5 nitrogen and oxygen atoms in total. The summed E-state index contributed by atoms with van der Waals surface area (Å²) in [6, 6.07) is 16.9. The third-order valence-corrected chi connectivity index (χ3v) is 4.67. The zero-order valence-electron chi connectivity index (χ0n) is 18.2. The number of amides is 2. The van der Waals surface area contributed by atoms with Gasteiger partial charge in [-0.2, -0.15) is 0 Å². The molecule has 5 heteroatoms. The smallest absolute Gasteiger partial charge is 0.239 e. The first-order valence-corrected chi connectivity index (χ1v) is 10.0. The van der Waals surface area contributed by atoms with Gasteiger partial charge in [-0.1, -0.05) is 30.3 Å². The highest BCUT2D eigenvalue weighted by Crippen LogP contribution is 2.25. The fraction of sp³-hybridized carbons (Fsp3) is 0.417. The number of carbonyl (C=O) groups excluding carboxylic acids is 2. The van der Waals surface area contributed by atoms with E-state index < -0.39 is 5.41 Å². The molecule has 0 aromatic heterocycles. The number of ether oxygens (including phenoxy) is 1. The number of carbonyl (C=O) groups is 2. The molecule has 2 amide bonds. The van der Waals surface area contributed by atoms with E-state index in [-0.39, 0.29) is 24.0 Å². The predicted octanol–water partition coefficient (Wildman–Crippen LogP) is 4.88. The third-order valence-electron chi connectivity index (χ3n) is 4.67. The van der Waals surface area contributed by atoms with Crippen molar-refractivity contribution in [2.75, 3.05) is 5.32 Å². The molecule has 0 heterocycles. The van der Waals surface area contributed by atoms with Crippen molar-refractivity contribution in [2.45, 2.75) is 60.2 Å². The molecule has 1 N–H and O–H groups in total. The summed E-state index contributed by atoms with van der Waals surface area (Å²) in [5, 5.41) is 2.86. The average molecular weight is 397 g/mol. The summed E-state index contributed by atoms with van der Waals surface area (Å²) in [5.74, 6) is 0.203. The highest BCUT2D eigenvalue weighted by atomic mass is 16.5. The second-order valence-corrected chi connectivity index (χ2v) is 8.28. The molecule has 2 aromatic carbocycles. The Bertz CT molecular complexity index is 812. The van der Waals surface area contributed by atoms with E-state index in [0.29, 0.717) is 12.2 Å². The van der Waals surface area contributed by atoms with Crippen LogP contribution in [-0.2, 0) is 16.1 Å². The molecule has 2 rings (SSSR count). The summed E-state index contributed by atoms with van der Waals surface area (Å²) < 4.78 is 5.62. The first-order chi connectivity index (χ1) is 13.6. The lowest BCUT2D eigenvalue weighted by atomic mass is 9.89. The number of nitrogens with zero attached hydrogens (tertiary/aromatic N) is 1. The lowest BCUT2D eigenvalue weighted by molar-refractivity contribution is -0.148. The summed E-state index contributed by atoms with van der Waals surface area (Å²) in [7, 11) is 0. The molecule has 0 spiro atoms. The average Bonchev–Trinajstić information content (AvgIpc) is 2.67. The molecule has 0 saturated carbocycles. The molecule has 0 bridgehead atoms. The van der Waals surface area contributed by atoms with Crippen molar-refractivity contribution in [3.8, 4) is 5.75 Å². The van der Waals surface area contributed by atoms with Crippen molar-refractivity contribution >= 4 is 17.5 Å². The van der Waals surface area contributed by atoms with Gasteiger partial charge < -0.3 is 15.0 Å². The molecular formula is C24H32N2O3. The van der Waals surface area contributed by atoms with Gasteiger partial charge in [-0.15, -0.1) is 0 Å². The molecule has 0 aliphatic rings. The van der Waals surface area contributed by atoms with Crippen LogP contribution in [0.4, 0.5) is 5.69 Å². The first-order valence-electron chi connectivity index (χ1n) is 10.0. The monoisotopic (exact) mass is 396 g/mol. The Balaban J connectivity index is 2.11. The van der Waals surface area contributed by atoms with Crippen LogP contribution in [-0.4, -0.2) is 28.9 Å². The number of anilines is 1. The number of benzene rings is 2. The Morgan fingerprint density at radius 2 is 1.55 bits per heavy atom. The summed E-state index contributed by atoms with van der Waals surface area (Å²) in [6.07, 6.45) is 0.0821. The van der Waals surface area contributed by atoms with Crippen LogP contribution in [0.15, 0.2) is 54.6 Å². The SMILES string of the molecule is CC(C)Oc1ccc(NC(=O)C(C)(C)C(=O)N(Cc2ccccc2)C(C)C)cc1. The normalized spacial score (nSPS) is 11.4. The molecule has 29 heavy (non-hydrogen) atoms. The maximum absolute atomic E-state index is 13.3. The summed E-state index contributed by atoms with van der Waals surface area (Å²) in [4.78, 5) is 27.9. The lowest BCUT2D eigenvalue weighted by Crippen LogP contribution is -2.49. The van der Waals surface area contributed by atoms with E-state index >= 15 is 0 Å². The van der Waals surface area contributed by atoms with Crippen LogP contribution < -0.4 is 10.1 Å². The minimum absolute atomic E-state index is 0.0257. The van der Waals surface area contributed by atoms with Crippen molar-refractivity contribution in [1.29, 1.82) is 0 Å². The van der Waals surface area contributed by atoms with Crippen LogP contribution >= 0.6 is 0 Å². The van der Waals surface area contributed by atoms with E-state index in [1.807, 2.05) is 58.0 Å². The van der Waals surface area contributed by atoms with Crippen LogP contribution in [0.25, 0.3) is 0 Å². The van der Waals surface area contributed by atoms with E-state index in [0.717, 1.165) is 11.3 Å². The van der Waals surface area contributed by atoms with E-state index in [1.165, 1.54) is 0 Å². The summed E-state index contributed by atoms with van der Waals surface area (Å²) in [5.41, 5.74) is 0.462. The van der Waals surface area contributed by atoms with E-state index in [1.54, 1.807) is 43.0 Å². The van der Waals surface area contributed by atoms with Gasteiger partial charge in [0.1, 0.15) is 11.2 Å². The Morgan fingerprint density at radius 3 is 2.07 bits per heavy atom. The highest BCUT2D eigenvalue weighted by Gasteiger charge is 2.40. The van der Waals surface area contributed by atoms with Crippen molar-refractivity contribution in [3.63, 3.8) is 0 Å². The highest BCUT2D eigenvalue weighted by molar-refractivity contribution is 6.09. The third kappa shape index (κ3) is 6.08. The van der Waals surface area contributed by atoms with Crippen LogP contribution in [0.2, 0.25) is 0 Å². The molecular weight excluding hydrogens is 364 g/mol. The van der Waals surface area contributed by atoms with Gasteiger partial charge in [-0.05, 0) is 71.4 Å². The van der Waals surface area contributed by atoms with Gasteiger partial charge in [-0.25, -0.2) is 0 Å². The molecule has 0 aliphatic heterocycles. The Hall–Kier alpha value is -2.82. The van der Waals surface area contributed by atoms with E-state index in [9.17, 15) is 9.59 Å². The van der Waals surface area contributed by atoms with Crippen molar-refractivity contribution in [2.24, 2.45) is 5.41 Å². The quantitative estimate of drug-likeness (QED) is 0.647. The topological polar surface area (TPSA) is 58.6 Å². The number of rotatable bonds is 8.